The third-order valence-electron chi connectivity index (χ3n) is 6.15. The lowest BCUT2D eigenvalue weighted by Crippen LogP contribution is -2.55. The Bertz CT molecular complexity index is 860. The van der Waals surface area contributed by atoms with Crippen LogP contribution in [-0.2, 0) is 11.3 Å². The van der Waals surface area contributed by atoms with E-state index < -0.39 is 0 Å². The number of ether oxygens (including phenoxy) is 2. The van der Waals surface area contributed by atoms with E-state index >= 15 is 0 Å². The van der Waals surface area contributed by atoms with Gasteiger partial charge in [0.05, 0.1) is 7.11 Å². The summed E-state index contributed by atoms with van der Waals surface area (Å²) in [4.78, 5) is 14.7. The molecular weight excluding hydrogens is 378 g/mol. The first kappa shape index (κ1) is 20.7. The minimum atomic E-state index is -0.200. The van der Waals surface area contributed by atoms with Crippen molar-refractivity contribution in [3.05, 3.63) is 53.6 Å². The molecule has 1 unspecified atom stereocenters. The fourth-order valence-electron chi connectivity index (χ4n) is 4.36. The summed E-state index contributed by atoms with van der Waals surface area (Å²) in [6.07, 6.45) is 2.61. The topological polar surface area (TPSA) is 62.8 Å². The number of rotatable bonds is 8. The molecule has 6 nitrogen and oxygen atoms in total. The number of piperidine rings is 3. The van der Waals surface area contributed by atoms with Crippen LogP contribution in [0.15, 0.2) is 42.5 Å². The van der Waals surface area contributed by atoms with Gasteiger partial charge in [-0.3, -0.25) is 4.79 Å². The monoisotopic (exact) mass is 409 g/mol. The van der Waals surface area contributed by atoms with Crippen LogP contribution < -0.4 is 20.1 Å². The van der Waals surface area contributed by atoms with Crippen molar-refractivity contribution in [1.82, 2.24) is 10.2 Å². The Hall–Kier alpha value is -2.57. The summed E-state index contributed by atoms with van der Waals surface area (Å²) in [7, 11) is 1.62. The van der Waals surface area contributed by atoms with Gasteiger partial charge in [-0.2, -0.15) is 0 Å². The molecule has 3 fully saturated rings. The van der Waals surface area contributed by atoms with Crippen LogP contribution in [0.2, 0.25) is 0 Å². The average Bonchev–Trinajstić information content (AvgIpc) is 2.79. The van der Waals surface area contributed by atoms with E-state index in [1.165, 1.54) is 25.9 Å². The number of aryl methyl sites for hydroxylation is 1. The SMILES string of the molecule is COc1cc(CNC2CN3CCC2CC3)ccc1OCC(=O)Nc1ccc(C)cc1. The van der Waals surface area contributed by atoms with Gasteiger partial charge in [-0.1, -0.05) is 23.8 Å². The number of amides is 1. The first-order chi connectivity index (χ1) is 14.6. The van der Waals surface area contributed by atoms with Crippen LogP contribution in [0.5, 0.6) is 11.5 Å². The summed E-state index contributed by atoms with van der Waals surface area (Å²) in [5.74, 6) is 1.81. The van der Waals surface area contributed by atoms with Crippen LogP contribution in [0.25, 0.3) is 0 Å². The molecule has 2 aromatic carbocycles. The zero-order valence-electron chi connectivity index (χ0n) is 17.8. The largest absolute Gasteiger partial charge is 0.493 e. The predicted octanol–water partition coefficient (Wildman–Crippen LogP) is 3.20. The van der Waals surface area contributed by atoms with Crippen molar-refractivity contribution in [1.29, 1.82) is 0 Å². The van der Waals surface area contributed by atoms with Gasteiger partial charge >= 0.3 is 0 Å². The molecular formula is C24H31N3O3. The molecule has 2 bridgehead atoms. The second-order valence-electron chi connectivity index (χ2n) is 8.31. The Balaban J connectivity index is 1.29. The molecule has 3 saturated heterocycles. The molecule has 3 heterocycles. The number of hydrogen-bond acceptors (Lipinski definition) is 5. The van der Waals surface area contributed by atoms with E-state index in [4.69, 9.17) is 9.47 Å². The Kier molecular flexibility index (Phi) is 6.55. The van der Waals surface area contributed by atoms with Crippen LogP contribution in [0.4, 0.5) is 5.69 Å². The summed E-state index contributed by atoms with van der Waals surface area (Å²) in [6, 6.07) is 14.1. The number of carbonyl (C=O) groups excluding carboxylic acids is 1. The quantitative estimate of drug-likeness (QED) is 0.701. The van der Waals surface area contributed by atoms with Gasteiger partial charge < -0.3 is 25.0 Å². The fourth-order valence-corrected chi connectivity index (χ4v) is 4.36. The Morgan fingerprint density at radius 2 is 1.87 bits per heavy atom. The minimum Gasteiger partial charge on any atom is -0.493 e. The van der Waals surface area contributed by atoms with Crippen LogP contribution >= 0.6 is 0 Å². The fraction of sp³-hybridized carbons (Fsp3) is 0.458. The normalized spacial score (nSPS) is 22.5. The van der Waals surface area contributed by atoms with E-state index in [-0.39, 0.29) is 12.5 Å². The number of benzene rings is 2. The van der Waals surface area contributed by atoms with Gasteiger partial charge in [-0.25, -0.2) is 0 Å². The lowest BCUT2D eigenvalue weighted by atomic mass is 9.84. The minimum absolute atomic E-state index is 0.0680. The van der Waals surface area contributed by atoms with Crippen molar-refractivity contribution in [2.45, 2.75) is 32.4 Å². The maximum absolute atomic E-state index is 12.2. The zero-order chi connectivity index (χ0) is 20.9. The highest BCUT2D eigenvalue weighted by Crippen LogP contribution is 2.30. The second kappa shape index (κ2) is 9.49. The van der Waals surface area contributed by atoms with E-state index in [9.17, 15) is 4.79 Å². The average molecular weight is 410 g/mol. The van der Waals surface area contributed by atoms with Crippen molar-refractivity contribution in [2.75, 3.05) is 38.7 Å². The van der Waals surface area contributed by atoms with Crippen molar-refractivity contribution in [3.8, 4) is 11.5 Å². The van der Waals surface area contributed by atoms with Gasteiger partial charge in [0.25, 0.3) is 5.91 Å². The molecule has 1 atom stereocenters. The van der Waals surface area contributed by atoms with Crippen molar-refractivity contribution >= 4 is 11.6 Å². The predicted molar refractivity (Wildman–Crippen MR) is 118 cm³/mol. The Labute approximate surface area is 178 Å². The molecule has 6 heteroatoms. The molecule has 3 aliphatic heterocycles. The lowest BCUT2D eigenvalue weighted by Gasteiger charge is -2.45. The number of nitrogens with one attached hydrogen (secondary N) is 2. The first-order valence-electron chi connectivity index (χ1n) is 10.7. The highest BCUT2D eigenvalue weighted by Gasteiger charge is 2.33. The number of fused-ring (bicyclic) bond motifs is 3. The van der Waals surface area contributed by atoms with Gasteiger partial charge in [-0.05, 0) is 68.6 Å². The third kappa shape index (κ3) is 5.12. The zero-order valence-corrected chi connectivity index (χ0v) is 17.8. The lowest BCUT2D eigenvalue weighted by molar-refractivity contribution is -0.118. The van der Waals surface area contributed by atoms with Crippen molar-refractivity contribution < 1.29 is 14.3 Å². The molecule has 0 saturated carbocycles. The van der Waals surface area contributed by atoms with E-state index in [1.807, 2.05) is 49.4 Å². The van der Waals surface area contributed by atoms with Gasteiger partial charge in [0.1, 0.15) is 0 Å². The molecule has 0 spiro atoms. The van der Waals surface area contributed by atoms with Crippen LogP contribution in [0.3, 0.4) is 0 Å². The van der Waals surface area contributed by atoms with Gasteiger partial charge in [0, 0.05) is 24.8 Å². The summed E-state index contributed by atoms with van der Waals surface area (Å²) in [5, 5.41) is 6.56. The number of anilines is 1. The van der Waals surface area contributed by atoms with Crippen LogP contribution in [0, 0.1) is 12.8 Å². The molecule has 1 amide bonds. The number of methoxy groups -OCH3 is 1. The smallest absolute Gasteiger partial charge is 0.262 e. The van der Waals surface area contributed by atoms with E-state index in [2.05, 4.69) is 15.5 Å². The van der Waals surface area contributed by atoms with Crippen LogP contribution in [-0.4, -0.2) is 50.2 Å². The molecule has 0 aliphatic carbocycles. The van der Waals surface area contributed by atoms with Gasteiger partial charge in [0.15, 0.2) is 18.1 Å². The summed E-state index contributed by atoms with van der Waals surface area (Å²) < 4.78 is 11.2. The molecule has 0 aromatic heterocycles. The summed E-state index contributed by atoms with van der Waals surface area (Å²) >= 11 is 0. The molecule has 30 heavy (non-hydrogen) atoms. The standard InChI is InChI=1S/C24H31N3O3/c1-17-3-6-20(7-4-17)26-24(28)16-30-22-8-5-18(13-23(22)29-2)14-25-21-15-27-11-9-19(21)10-12-27/h3-8,13,19,21,25H,9-12,14-16H2,1-2H3,(H,26,28). The number of carbonyl (C=O) groups is 1. The number of hydrogen-bond donors (Lipinski definition) is 2. The van der Waals surface area contributed by atoms with E-state index in [0.717, 1.165) is 35.8 Å². The third-order valence-corrected chi connectivity index (χ3v) is 6.15. The Morgan fingerprint density at radius 3 is 2.53 bits per heavy atom. The second-order valence-corrected chi connectivity index (χ2v) is 8.31. The highest BCUT2D eigenvalue weighted by molar-refractivity contribution is 5.91. The molecule has 5 rings (SSSR count). The molecule has 3 aliphatic rings. The summed E-state index contributed by atoms with van der Waals surface area (Å²) in [6.45, 7) is 6.40. The van der Waals surface area contributed by atoms with Crippen molar-refractivity contribution in [3.63, 3.8) is 0 Å². The number of nitrogens with zero attached hydrogens (tertiary/aromatic N) is 1. The maximum Gasteiger partial charge on any atom is 0.262 e. The molecule has 0 radical (unpaired) electrons. The van der Waals surface area contributed by atoms with Gasteiger partial charge in [0.2, 0.25) is 0 Å². The first-order valence-corrected chi connectivity index (χ1v) is 10.7. The van der Waals surface area contributed by atoms with Gasteiger partial charge in [-0.15, -0.1) is 0 Å². The molecule has 2 N–H and O–H groups in total. The summed E-state index contributed by atoms with van der Waals surface area (Å²) in [5.41, 5.74) is 3.06. The van der Waals surface area contributed by atoms with E-state index in [1.54, 1.807) is 7.11 Å². The van der Waals surface area contributed by atoms with Crippen LogP contribution in [0.1, 0.15) is 24.0 Å². The maximum atomic E-state index is 12.2. The van der Waals surface area contributed by atoms with Crippen molar-refractivity contribution in [2.24, 2.45) is 5.92 Å². The molecule has 160 valence electrons. The molecule has 2 aromatic rings. The van der Waals surface area contributed by atoms with E-state index in [0.29, 0.717) is 17.5 Å². The Morgan fingerprint density at radius 1 is 1.10 bits per heavy atom. The highest BCUT2D eigenvalue weighted by atomic mass is 16.5.